The number of benzene rings is 2. The van der Waals surface area contributed by atoms with Gasteiger partial charge in [0.05, 0.1) is 6.04 Å². The highest BCUT2D eigenvalue weighted by Gasteiger charge is 2.24. The van der Waals surface area contributed by atoms with E-state index in [1.54, 1.807) is 12.1 Å². The van der Waals surface area contributed by atoms with Crippen LogP contribution < -0.4 is 10.2 Å². The number of nitrogens with one attached hydrogen (secondary N) is 1. The standard InChI is InChI=1S/C17H17FN2O/c1-20-10-9-15(14-7-2-3-8-16(14)20)19-17(21)12-5-4-6-13(18)11-12/h2-8,11,15H,9-10H2,1H3,(H,19,21). The SMILES string of the molecule is CN1CCC(NC(=O)c2cccc(F)c2)c2ccccc21. The summed E-state index contributed by atoms with van der Waals surface area (Å²) in [6.45, 7) is 0.880. The fraction of sp³-hybridized carbons (Fsp3) is 0.235. The first-order chi connectivity index (χ1) is 10.1. The van der Waals surface area contributed by atoms with Crippen molar-refractivity contribution >= 4 is 11.6 Å². The molecule has 0 aromatic heterocycles. The Bertz CT molecular complexity index is 671. The van der Waals surface area contributed by atoms with E-state index >= 15 is 0 Å². The van der Waals surface area contributed by atoms with Crippen LogP contribution in [0.25, 0.3) is 0 Å². The Morgan fingerprint density at radius 1 is 1.24 bits per heavy atom. The number of rotatable bonds is 2. The minimum Gasteiger partial charge on any atom is -0.374 e. The van der Waals surface area contributed by atoms with Gasteiger partial charge < -0.3 is 10.2 Å². The molecule has 1 heterocycles. The van der Waals surface area contributed by atoms with Gasteiger partial charge in [0.25, 0.3) is 5.91 Å². The minimum absolute atomic E-state index is 0.0341. The molecular formula is C17H17FN2O. The molecule has 1 aliphatic rings. The van der Waals surface area contributed by atoms with E-state index in [0.29, 0.717) is 5.56 Å². The molecule has 108 valence electrons. The van der Waals surface area contributed by atoms with Crippen molar-refractivity contribution in [2.75, 3.05) is 18.5 Å². The summed E-state index contributed by atoms with van der Waals surface area (Å²) in [6.07, 6.45) is 0.842. The van der Waals surface area contributed by atoms with Crippen molar-refractivity contribution in [1.29, 1.82) is 0 Å². The predicted octanol–water partition coefficient (Wildman–Crippen LogP) is 3.14. The number of amides is 1. The fourth-order valence-corrected chi connectivity index (χ4v) is 2.75. The van der Waals surface area contributed by atoms with E-state index in [-0.39, 0.29) is 11.9 Å². The van der Waals surface area contributed by atoms with Crippen LogP contribution in [0.1, 0.15) is 28.4 Å². The Hall–Kier alpha value is -2.36. The van der Waals surface area contributed by atoms with Gasteiger partial charge in [-0.15, -0.1) is 0 Å². The molecule has 0 saturated heterocycles. The molecule has 21 heavy (non-hydrogen) atoms. The highest BCUT2D eigenvalue weighted by molar-refractivity contribution is 5.94. The van der Waals surface area contributed by atoms with Crippen LogP contribution in [0.3, 0.4) is 0 Å². The Morgan fingerprint density at radius 3 is 2.86 bits per heavy atom. The van der Waals surface area contributed by atoms with Crippen molar-refractivity contribution < 1.29 is 9.18 Å². The second-order valence-corrected chi connectivity index (χ2v) is 5.31. The Balaban J connectivity index is 1.83. The summed E-state index contributed by atoms with van der Waals surface area (Å²) in [7, 11) is 2.05. The highest BCUT2D eigenvalue weighted by Crippen LogP contribution is 2.32. The zero-order chi connectivity index (χ0) is 14.8. The summed E-state index contributed by atoms with van der Waals surface area (Å²) in [4.78, 5) is 14.4. The molecule has 3 nitrogen and oxygen atoms in total. The number of carbonyl (C=O) groups excluding carboxylic acids is 1. The van der Waals surface area contributed by atoms with Gasteiger partial charge in [0, 0.05) is 24.8 Å². The van der Waals surface area contributed by atoms with Crippen molar-refractivity contribution in [3.63, 3.8) is 0 Å². The third kappa shape index (κ3) is 2.75. The number of para-hydroxylation sites is 1. The summed E-state index contributed by atoms with van der Waals surface area (Å²) in [6, 6.07) is 13.8. The van der Waals surface area contributed by atoms with E-state index in [0.717, 1.165) is 24.2 Å². The molecule has 0 aliphatic carbocycles. The molecular weight excluding hydrogens is 267 g/mol. The molecule has 0 saturated carbocycles. The van der Waals surface area contributed by atoms with E-state index in [2.05, 4.69) is 16.3 Å². The third-order valence-electron chi connectivity index (χ3n) is 3.87. The summed E-state index contributed by atoms with van der Waals surface area (Å²) < 4.78 is 13.2. The number of anilines is 1. The summed E-state index contributed by atoms with van der Waals surface area (Å²) in [5.41, 5.74) is 2.59. The quantitative estimate of drug-likeness (QED) is 0.919. The van der Waals surface area contributed by atoms with Crippen LogP contribution in [0.5, 0.6) is 0 Å². The zero-order valence-corrected chi connectivity index (χ0v) is 11.8. The topological polar surface area (TPSA) is 32.3 Å². The summed E-state index contributed by atoms with van der Waals surface area (Å²) in [5.74, 6) is -0.634. The van der Waals surface area contributed by atoms with Crippen LogP contribution in [0, 0.1) is 5.82 Å². The smallest absolute Gasteiger partial charge is 0.251 e. The van der Waals surface area contributed by atoms with Gasteiger partial charge >= 0.3 is 0 Å². The summed E-state index contributed by atoms with van der Waals surface area (Å²) >= 11 is 0. The van der Waals surface area contributed by atoms with Gasteiger partial charge in [0.1, 0.15) is 5.82 Å². The van der Waals surface area contributed by atoms with Gasteiger partial charge in [-0.3, -0.25) is 4.79 Å². The van der Waals surface area contributed by atoms with Crippen molar-refractivity contribution in [3.05, 3.63) is 65.5 Å². The predicted molar refractivity (Wildman–Crippen MR) is 80.9 cm³/mol. The first-order valence-corrected chi connectivity index (χ1v) is 7.01. The molecule has 3 rings (SSSR count). The lowest BCUT2D eigenvalue weighted by Crippen LogP contribution is -2.36. The number of halogens is 1. The lowest BCUT2D eigenvalue weighted by atomic mass is 9.96. The third-order valence-corrected chi connectivity index (χ3v) is 3.87. The lowest BCUT2D eigenvalue weighted by Gasteiger charge is -2.33. The molecule has 2 aromatic carbocycles. The normalized spacial score (nSPS) is 17.2. The van der Waals surface area contributed by atoms with Crippen molar-refractivity contribution in [1.82, 2.24) is 5.32 Å². The Kier molecular flexibility index (Phi) is 3.60. The van der Waals surface area contributed by atoms with Crippen LogP contribution in [0.15, 0.2) is 48.5 Å². The molecule has 1 N–H and O–H groups in total. The molecule has 0 fully saturated rings. The monoisotopic (exact) mass is 284 g/mol. The van der Waals surface area contributed by atoms with Gasteiger partial charge in [0.2, 0.25) is 0 Å². The first-order valence-electron chi connectivity index (χ1n) is 7.01. The number of hydrogen-bond donors (Lipinski definition) is 1. The second kappa shape index (κ2) is 5.56. The Labute approximate surface area is 123 Å². The van der Waals surface area contributed by atoms with Crippen LogP contribution in [-0.2, 0) is 0 Å². The molecule has 1 atom stereocenters. The average molecular weight is 284 g/mol. The Morgan fingerprint density at radius 2 is 2.05 bits per heavy atom. The number of carbonyl (C=O) groups is 1. The minimum atomic E-state index is -0.397. The van der Waals surface area contributed by atoms with Crippen LogP contribution in [-0.4, -0.2) is 19.5 Å². The first kappa shape index (κ1) is 13.6. The van der Waals surface area contributed by atoms with Crippen molar-refractivity contribution in [2.24, 2.45) is 0 Å². The molecule has 0 bridgehead atoms. The maximum atomic E-state index is 13.2. The maximum Gasteiger partial charge on any atom is 0.251 e. The van der Waals surface area contributed by atoms with Crippen molar-refractivity contribution in [2.45, 2.75) is 12.5 Å². The van der Waals surface area contributed by atoms with Gasteiger partial charge in [-0.1, -0.05) is 24.3 Å². The molecule has 1 amide bonds. The summed E-state index contributed by atoms with van der Waals surface area (Å²) in [5, 5.41) is 3.01. The average Bonchev–Trinajstić information content (AvgIpc) is 2.50. The van der Waals surface area contributed by atoms with E-state index < -0.39 is 5.82 Å². The maximum absolute atomic E-state index is 13.2. The van der Waals surface area contributed by atoms with E-state index in [1.165, 1.54) is 12.1 Å². The highest BCUT2D eigenvalue weighted by atomic mass is 19.1. The van der Waals surface area contributed by atoms with Gasteiger partial charge in [0.15, 0.2) is 0 Å². The molecule has 0 radical (unpaired) electrons. The molecule has 2 aromatic rings. The van der Waals surface area contributed by atoms with E-state index in [1.807, 2.05) is 25.2 Å². The van der Waals surface area contributed by atoms with Crippen molar-refractivity contribution in [3.8, 4) is 0 Å². The van der Waals surface area contributed by atoms with Crippen LogP contribution in [0.2, 0.25) is 0 Å². The van der Waals surface area contributed by atoms with Gasteiger partial charge in [-0.2, -0.15) is 0 Å². The van der Waals surface area contributed by atoms with Crippen LogP contribution >= 0.6 is 0 Å². The van der Waals surface area contributed by atoms with E-state index in [9.17, 15) is 9.18 Å². The number of fused-ring (bicyclic) bond motifs is 1. The lowest BCUT2D eigenvalue weighted by molar-refractivity contribution is 0.0934. The van der Waals surface area contributed by atoms with Crippen LogP contribution in [0.4, 0.5) is 10.1 Å². The fourth-order valence-electron chi connectivity index (χ4n) is 2.75. The molecule has 0 spiro atoms. The van der Waals surface area contributed by atoms with Gasteiger partial charge in [-0.05, 0) is 36.2 Å². The second-order valence-electron chi connectivity index (χ2n) is 5.31. The van der Waals surface area contributed by atoms with E-state index in [4.69, 9.17) is 0 Å². The largest absolute Gasteiger partial charge is 0.374 e. The zero-order valence-electron chi connectivity index (χ0n) is 11.8. The van der Waals surface area contributed by atoms with Gasteiger partial charge in [-0.25, -0.2) is 4.39 Å². The number of nitrogens with zero attached hydrogens (tertiary/aromatic N) is 1. The number of hydrogen-bond acceptors (Lipinski definition) is 2. The molecule has 1 aliphatic heterocycles. The molecule has 1 unspecified atom stereocenters. The molecule has 4 heteroatoms.